The standard InChI is InChI=1S/C22H32N2O5/c1-7-8-9-16-19(21(25)29-14(4)5)20(24-22(26)23-16)15-10-11-17(27-6)18(12-15)28-13(2)3/h10-14,20H,7-9H2,1-6H3,(H2,23,24,26). The van der Waals surface area contributed by atoms with Crippen LogP contribution >= 0.6 is 0 Å². The van der Waals surface area contributed by atoms with Crippen LogP contribution in [-0.4, -0.2) is 31.3 Å². The number of nitrogens with one attached hydrogen (secondary N) is 2. The van der Waals surface area contributed by atoms with Crippen molar-refractivity contribution in [2.75, 3.05) is 7.11 Å². The highest BCUT2D eigenvalue weighted by Gasteiger charge is 2.34. The molecule has 0 saturated heterocycles. The molecule has 2 rings (SSSR count). The van der Waals surface area contributed by atoms with Crippen molar-refractivity contribution in [1.82, 2.24) is 10.6 Å². The lowest BCUT2D eigenvalue weighted by Crippen LogP contribution is -2.46. The van der Waals surface area contributed by atoms with Gasteiger partial charge in [0.1, 0.15) is 0 Å². The first-order valence-electron chi connectivity index (χ1n) is 10.1. The molecule has 7 nitrogen and oxygen atoms in total. The lowest BCUT2D eigenvalue weighted by atomic mass is 9.93. The third-order valence-electron chi connectivity index (χ3n) is 4.38. The van der Waals surface area contributed by atoms with Gasteiger partial charge in [0.2, 0.25) is 0 Å². The number of hydrogen-bond acceptors (Lipinski definition) is 5. The van der Waals surface area contributed by atoms with E-state index in [1.54, 1.807) is 33.1 Å². The second kappa shape index (κ2) is 10.2. The van der Waals surface area contributed by atoms with E-state index < -0.39 is 12.0 Å². The Kier molecular flexibility index (Phi) is 7.93. The summed E-state index contributed by atoms with van der Waals surface area (Å²) in [5.41, 5.74) is 1.75. The number of amides is 2. The second-order valence-electron chi connectivity index (χ2n) is 7.56. The molecule has 29 heavy (non-hydrogen) atoms. The molecule has 1 aromatic carbocycles. The summed E-state index contributed by atoms with van der Waals surface area (Å²) in [7, 11) is 1.57. The molecule has 2 amide bonds. The van der Waals surface area contributed by atoms with Crippen LogP contribution in [0.5, 0.6) is 11.5 Å². The van der Waals surface area contributed by atoms with Crippen LogP contribution in [0.15, 0.2) is 29.5 Å². The maximum Gasteiger partial charge on any atom is 0.338 e. The van der Waals surface area contributed by atoms with Crippen LogP contribution in [0.25, 0.3) is 0 Å². The Morgan fingerprint density at radius 2 is 1.86 bits per heavy atom. The average molecular weight is 405 g/mol. The van der Waals surface area contributed by atoms with E-state index in [1.807, 2.05) is 19.9 Å². The number of methoxy groups -OCH3 is 1. The van der Waals surface area contributed by atoms with Gasteiger partial charge in [0.15, 0.2) is 11.5 Å². The molecule has 7 heteroatoms. The van der Waals surface area contributed by atoms with Crippen LogP contribution in [0.1, 0.15) is 65.5 Å². The molecule has 1 heterocycles. The predicted octanol–water partition coefficient (Wildman–Crippen LogP) is 4.23. The minimum absolute atomic E-state index is 0.0530. The van der Waals surface area contributed by atoms with Crippen LogP contribution in [0.3, 0.4) is 0 Å². The average Bonchev–Trinajstić information content (AvgIpc) is 2.64. The van der Waals surface area contributed by atoms with Gasteiger partial charge in [0.05, 0.1) is 30.9 Å². The quantitative estimate of drug-likeness (QED) is 0.602. The van der Waals surface area contributed by atoms with Crippen molar-refractivity contribution in [2.45, 2.75) is 72.1 Å². The first kappa shape index (κ1) is 22.6. The van der Waals surface area contributed by atoms with Crippen molar-refractivity contribution in [2.24, 2.45) is 0 Å². The zero-order valence-corrected chi connectivity index (χ0v) is 18.1. The molecule has 0 fully saturated rings. The van der Waals surface area contributed by atoms with Gasteiger partial charge in [-0.2, -0.15) is 0 Å². The fourth-order valence-electron chi connectivity index (χ4n) is 3.16. The topological polar surface area (TPSA) is 85.9 Å². The summed E-state index contributed by atoms with van der Waals surface area (Å²) in [6.07, 6.45) is 2.07. The number of unbranched alkanes of at least 4 members (excludes halogenated alkanes) is 1. The maximum atomic E-state index is 12.9. The Morgan fingerprint density at radius 3 is 2.45 bits per heavy atom. The number of ether oxygens (including phenoxy) is 3. The maximum absolute atomic E-state index is 12.9. The number of allylic oxidation sites excluding steroid dienone is 1. The molecule has 1 aliphatic heterocycles. The van der Waals surface area contributed by atoms with Crippen LogP contribution in [0, 0.1) is 0 Å². The van der Waals surface area contributed by atoms with E-state index in [0.29, 0.717) is 29.2 Å². The smallest absolute Gasteiger partial charge is 0.338 e. The van der Waals surface area contributed by atoms with E-state index in [-0.39, 0.29) is 18.2 Å². The van der Waals surface area contributed by atoms with Gasteiger partial charge in [-0.05, 0) is 58.2 Å². The van der Waals surface area contributed by atoms with Crippen LogP contribution in [0.4, 0.5) is 4.79 Å². The Hall–Kier alpha value is -2.70. The molecule has 0 bridgehead atoms. The van der Waals surface area contributed by atoms with Crippen molar-refractivity contribution < 1.29 is 23.8 Å². The number of benzene rings is 1. The zero-order chi connectivity index (χ0) is 21.6. The molecule has 1 atom stereocenters. The van der Waals surface area contributed by atoms with Gasteiger partial charge in [-0.15, -0.1) is 0 Å². The Bertz CT molecular complexity index is 770. The Morgan fingerprint density at radius 1 is 1.14 bits per heavy atom. The normalized spacial score (nSPS) is 16.6. The van der Waals surface area contributed by atoms with Crippen molar-refractivity contribution in [3.8, 4) is 11.5 Å². The minimum atomic E-state index is -0.637. The molecule has 2 N–H and O–H groups in total. The van der Waals surface area contributed by atoms with E-state index in [0.717, 1.165) is 18.4 Å². The van der Waals surface area contributed by atoms with Gasteiger partial charge in [-0.25, -0.2) is 9.59 Å². The highest BCUT2D eigenvalue weighted by atomic mass is 16.5. The van der Waals surface area contributed by atoms with Crippen molar-refractivity contribution >= 4 is 12.0 Å². The molecule has 1 unspecified atom stereocenters. The summed E-state index contributed by atoms with van der Waals surface area (Å²) in [6.45, 7) is 9.51. The summed E-state index contributed by atoms with van der Waals surface area (Å²) >= 11 is 0. The summed E-state index contributed by atoms with van der Waals surface area (Å²) in [6, 6.07) is 4.42. The molecule has 0 radical (unpaired) electrons. The Labute approximate surface area is 172 Å². The van der Waals surface area contributed by atoms with Gasteiger partial charge >= 0.3 is 12.0 Å². The summed E-state index contributed by atoms with van der Waals surface area (Å²) in [5.74, 6) is 0.703. The van der Waals surface area contributed by atoms with Crippen molar-refractivity contribution in [1.29, 1.82) is 0 Å². The first-order chi connectivity index (χ1) is 13.8. The molecule has 0 aliphatic carbocycles. The third-order valence-corrected chi connectivity index (χ3v) is 4.38. The van der Waals surface area contributed by atoms with Crippen LogP contribution < -0.4 is 20.1 Å². The van der Waals surface area contributed by atoms with E-state index in [4.69, 9.17) is 14.2 Å². The number of carbonyl (C=O) groups is 2. The largest absolute Gasteiger partial charge is 0.493 e. The van der Waals surface area contributed by atoms with Crippen molar-refractivity contribution in [3.63, 3.8) is 0 Å². The summed E-state index contributed by atoms with van der Waals surface area (Å²) < 4.78 is 16.7. The molecule has 0 aromatic heterocycles. The van der Waals surface area contributed by atoms with Gasteiger partial charge in [-0.1, -0.05) is 19.4 Å². The fourth-order valence-corrected chi connectivity index (χ4v) is 3.16. The monoisotopic (exact) mass is 404 g/mol. The number of urea groups is 1. The zero-order valence-electron chi connectivity index (χ0n) is 18.1. The number of rotatable bonds is 9. The lowest BCUT2D eigenvalue weighted by Gasteiger charge is -2.30. The predicted molar refractivity (Wildman–Crippen MR) is 111 cm³/mol. The molecule has 0 spiro atoms. The van der Waals surface area contributed by atoms with E-state index in [2.05, 4.69) is 17.6 Å². The lowest BCUT2D eigenvalue weighted by molar-refractivity contribution is -0.143. The molecule has 1 aliphatic rings. The van der Waals surface area contributed by atoms with Gasteiger partial charge in [0, 0.05) is 5.70 Å². The fraction of sp³-hybridized carbons (Fsp3) is 0.545. The highest BCUT2D eigenvalue weighted by Crippen LogP contribution is 2.36. The third kappa shape index (κ3) is 5.89. The van der Waals surface area contributed by atoms with E-state index in [9.17, 15) is 9.59 Å². The molecule has 0 saturated carbocycles. The molecule has 1 aromatic rings. The summed E-state index contributed by atoms with van der Waals surface area (Å²) in [4.78, 5) is 25.3. The number of hydrogen-bond donors (Lipinski definition) is 2. The number of esters is 1. The number of carbonyl (C=O) groups excluding carboxylic acids is 2. The Balaban J connectivity index is 2.53. The summed E-state index contributed by atoms with van der Waals surface area (Å²) in [5, 5.41) is 5.65. The van der Waals surface area contributed by atoms with Crippen molar-refractivity contribution in [3.05, 3.63) is 35.0 Å². The molecular formula is C22H32N2O5. The molecule has 160 valence electrons. The van der Waals surface area contributed by atoms with E-state index in [1.165, 1.54) is 0 Å². The minimum Gasteiger partial charge on any atom is -0.493 e. The van der Waals surface area contributed by atoms with E-state index >= 15 is 0 Å². The van der Waals surface area contributed by atoms with Gasteiger partial charge in [0.25, 0.3) is 0 Å². The second-order valence-corrected chi connectivity index (χ2v) is 7.56. The first-order valence-corrected chi connectivity index (χ1v) is 10.1. The van der Waals surface area contributed by atoms with Crippen LogP contribution in [0.2, 0.25) is 0 Å². The molecular weight excluding hydrogens is 372 g/mol. The SMILES string of the molecule is CCCCC1=C(C(=O)OC(C)C)C(c2ccc(OC)c(OC(C)C)c2)NC(=O)N1. The van der Waals surface area contributed by atoms with Gasteiger partial charge in [-0.3, -0.25) is 0 Å². The van der Waals surface area contributed by atoms with Gasteiger partial charge < -0.3 is 24.8 Å². The highest BCUT2D eigenvalue weighted by molar-refractivity contribution is 5.95. The van der Waals surface area contributed by atoms with Crippen LogP contribution in [-0.2, 0) is 9.53 Å².